The predicted molar refractivity (Wildman–Crippen MR) is 79.7 cm³/mol. The van der Waals surface area contributed by atoms with Gasteiger partial charge in [0.25, 0.3) is 0 Å². The van der Waals surface area contributed by atoms with Crippen LogP contribution in [0.25, 0.3) is 0 Å². The first-order valence-electron chi connectivity index (χ1n) is 7.96. The maximum atomic E-state index is 11.8. The average molecular weight is 255 g/mol. The zero-order valence-corrected chi connectivity index (χ0v) is 12.5. The van der Waals surface area contributed by atoms with Crippen molar-refractivity contribution >= 4 is 5.78 Å². The van der Waals surface area contributed by atoms with E-state index < -0.39 is 0 Å². The van der Waals surface area contributed by atoms with Crippen molar-refractivity contribution in [2.75, 3.05) is 6.54 Å². The first kappa shape index (κ1) is 17.6. The molecule has 0 spiro atoms. The third-order valence-electron chi connectivity index (χ3n) is 3.66. The molecular weight excluding hydrogens is 222 g/mol. The molecule has 0 aliphatic heterocycles. The number of ketones is 1. The molecule has 2 nitrogen and oxygen atoms in total. The van der Waals surface area contributed by atoms with Gasteiger partial charge in [0, 0.05) is 12.8 Å². The maximum absolute atomic E-state index is 11.8. The molecule has 0 radical (unpaired) electrons. The molecule has 1 unspecified atom stereocenters. The molecule has 0 aromatic heterocycles. The Hall–Kier alpha value is -0.370. The second kappa shape index (κ2) is 13.1. The van der Waals surface area contributed by atoms with Crippen molar-refractivity contribution in [3.63, 3.8) is 0 Å². The van der Waals surface area contributed by atoms with Gasteiger partial charge in [-0.25, -0.2) is 0 Å². The van der Waals surface area contributed by atoms with Gasteiger partial charge in [0.05, 0.1) is 0 Å². The van der Waals surface area contributed by atoms with E-state index in [-0.39, 0.29) is 0 Å². The molecule has 0 aromatic carbocycles. The second-order valence-corrected chi connectivity index (χ2v) is 5.47. The van der Waals surface area contributed by atoms with Crippen molar-refractivity contribution in [2.24, 2.45) is 11.7 Å². The standard InChI is InChI=1S/C16H33NO/c1-3-5-6-7-8-10-16(18)12-11-15(9-4-2)13-14-17/h15H,3-14,17H2,1-2H3. The first-order valence-corrected chi connectivity index (χ1v) is 7.96. The third kappa shape index (κ3) is 10.8. The zero-order chi connectivity index (χ0) is 13.6. The molecule has 1 atom stereocenters. The van der Waals surface area contributed by atoms with E-state index in [0.717, 1.165) is 38.6 Å². The Bertz CT molecular complexity index is 186. The van der Waals surface area contributed by atoms with E-state index in [0.29, 0.717) is 11.7 Å². The molecule has 0 rings (SSSR count). The fourth-order valence-corrected chi connectivity index (χ4v) is 2.49. The lowest BCUT2D eigenvalue weighted by Gasteiger charge is -2.14. The number of unbranched alkanes of at least 4 members (excludes halogenated alkanes) is 4. The minimum absolute atomic E-state index is 0.463. The predicted octanol–water partition coefficient (Wildman–Crippen LogP) is 4.46. The summed E-state index contributed by atoms with van der Waals surface area (Å²) in [6.45, 7) is 5.19. The minimum Gasteiger partial charge on any atom is -0.330 e. The maximum Gasteiger partial charge on any atom is 0.132 e. The molecule has 0 saturated carbocycles. The monoisotopic (exact) mass is 255 g/mol. The van der Waals surface area contributed by atoms with E-state index in [4.69, 9.17) is 5.73 Å². The van der Waals surface area contributed by atoms with Gasteiger partial charge in [0.2, 0.25) is 0 Å². The van der Waals surface area contributed by atoms with Gasteiger partial charge in [-0.3, -0.25) is 4.79 Å². The number of rotatable bonds is 13. The van der Waals surface area contributed by atoms with Crippen molar-refractivity contribution in [3.05, 3.63) is 0 Å². The van der Waals surface area contributed by atoms with Crippen LogP contribution in [0.3, 0.4) is 0 Å². The Balaban J connectivity index is 3.54. The van der Waals surface area contributed by atoms with Crippen LogP contribution in [0.5, 0.6) is 0 Å². The molecule has 0 amide bonds. The van der Waals surface area contributed by atoms with Crippen LogP contribution in [-0.4, -0.2) is 12.3 Å². The van der Waals surface area contributed by atoms with Gasteiger partial charge in [-0.05, 0) is 31.7 Å². The van der Waals surface area contributed by atoms with Gasteiger partial charge in [-0.1, -0.05) is 52.4 Å². The molecule has 0 saturated heterocycles. The smallest absolute Gasteiger partial charge is 0.132 e. The Morgan fingerprint density at radius 3 is 2.22 bits per heavy atom. The third-order valence-corrected chi connectivity index (χ3v) is 3.66. The Morgan fingerprint density at radius 2 is 1.61 bits per heavy atom. The molecular formula is C16H33NO. The molecule has 0 bridgehead atoms. The summed E-state index contributed by atoms with van der Waals surface area (Å²) in [5.74, 6) is 1.13. The van der Waals surface area contributed by atoms with Gasteiger partial charge in [-0.15, -0.1) is 0 Å². The zero-order valence-electron chi connectivity index (χ0n) is 12.5. The summed E-state index contributed by atoms with van der Waals surface area (Å²) in [5.41, 5.74) is 5.61. The molecule has 108 valence electrons. The fourth-order valence-electron chi connectivity index (χ4n) is 2.49. The summed E-state index contributed by atoms with van der Waals surface area (Å²) >= 11 is 0. The van der Waals surface area contributed by atoms with E-state index in [1.165, 1.54) is 38.5 Å². The minimum atomic E-state index is 0.463. The highest BCUT2D eigenvalue weighted by Crippen LogP contribution is 2.18. The Labute approximate surface area is 114 Å². The number of carbonyl (C=O) groups excluding carboxylic acids is 1. The van der Waals surface area contributed by atoms with Gasteiger partial charge in [0.15, 0.2) is 0 Å². The van der Waals surface area contributed by atoms with E-state index in [9.17, 15) is 4.79 Å². The Morgan fingerprint density at radius 1 is 0.889 bits per heavy atom. The number of nitrogens with two attached hydrogens (primary N) is 1. The lowest BCUT2D eigenvalue weighted by Crippen LogP contribution is -2.10. The van der Waals surface area contributed by atoms with Crippen LogP contribution in [0.1, 0.15) is 84.5 Å². The second-order valence-electron chi connectivity index (χ2n) is 5.47. The summed E-state index contributed by atoms with van der Waals surface area (Å²) in [5, 5.41) is 0. The van der Waals surface area contributed by atoms with Crippen LogP contribution in [0.4, 0.5) is 0 Å². The largest absolute Gasteiger partial charge is 0.330 e. The molecule has 0 heterocycles. The quantitative estimate of drug-likeness (QED) is 0.494. The number of carbonyl (C=O) groups is 1. The highest BCUT2D eigenvalue weighted by Gasteiger charge is 2.09. The first-order chi connectivity index (χ1) is 8.74. The summed E-state index contributed by atoms with van der Waals surface area (Å²) < 4.78 is 0. The lowest BCUT2D eigenvalue weighted by atomic mass is 9.92. The van der Waals surface area contributed by atoms with E-state index >= 15 is 0 Å². The van der Waals surface area contributed by atoms with E-state index in [1.54, 1.807) is 0 Å². The summed E-state index contributed by atoms with van der Waals surface area (Å²) in [6, 6.07) is 0. The SMILES string of the molecule is CCCCCCCC(=O)CCC(CCC)CCN. The van der Waals surface area contributed by atoms with Crippen LogP contribution in [0.15, 0.2) is 0 Å². The molecule has 0 aliphatic carbocycles. The van der Waals surface area contributed by atoms with Crippen LogP contribution in [0.2, 0.25) is 0 Å². The summed E-state index contributed by atoms with van der Waals surface area (Å²) in [6.07, 6.45) is 12.3. The van der Waals surface area contributed by atoms with Crippen LogP contribution >= 0.6 is 0 Å². The average Bonchev–Trinajstić information content (AvgIpc) is 2.36. The topological polar surface area (TPSA) is 43.1 Å². The Kier molecular flexibility index (Phi) is 12.8. The van der Waals surface area contributed by atoms with Gasteiger partial charge in [-0.2, -0.15) is 0 Å². The molecule has 0 fully saturated rings. The summed E-state index contributed by atoms with van der Waals surface area (Å²) in [7, 11) is 0. The van der Waals surface area contributed by atoms with Gasteiger partial charge >= 0.3 is 0 Å². The van der Waals surface area contributed by atoms with Crippen molar-refractivity contribution < 1.29 is 4.79 Å². The normalized spacial score (nSPS) is 12.6. The van der Waals surface area contributed by atoms with E-state index in [2.05, 4.69) is 13.8 Å². The summed E-state index contributed by atoms with van der Waals surface area (Å²) in [4.78, 5) is 11.8. The van der Waals surface area contributed by atoms with Crippen LogP contribution < -0.4 is 5.73 Å². The van der Waals surface area contributed by atoms with Gasteiger partial charge in [0.1, 0.15) is 5.78 Å². The fraction of sp³-hybridized carbons (Fsp3) is 0.938. The van der Waals surface area contributed by atoms with Crippen molar-refractivity contribution in [3.8, 4) is 0 Å². The number of hydrogen-bond acceptors (Lipinski definition) is 2. The molecule has 2 N–H and O–H groups in total. The lowest BCUT2D eigenvalue weighted by molar-refractivity contribution is -0.119. The molecule has 18 heavy (non-hydrogen) atoms. The highest BCUT2D eigenvalue weighted by molar-refractivity contribution is 5.78. The van der Waals surface area contributed by atoms with Crippen LogP contribution in [-0.2, 0) is 4.79 Å². The molecule has 0 aromatic rings. The van der Waals surface area contributed by atoms with Crippen LogP contribution in [0, 0.1) is 5.92 Å². The van der Waals surface area contributed by atoms with Gasteiger partial charge < -0.3 is 5.73 Å². The number of hydrogen-bond donors (Lipinski definition) is 1. The van der Waals surface area contributed by atoms with E-state index in [1.807, 2.05) is 0 Å². The molecule has 2 heteroatoms. The highest BCUT2D eigenvalue weighted by atomic mass is 16.1. The number of Topliss-reactive ketones (excluding diaryl/α,β-unsaturated/α-hetero) is 1. The van der Waals surface area contributed by atoms with Crippen molar-refractivity contribution in [1.82, 2.24) is 0 Å². The van der Waals surface area contributed by atoms with Crippen molar-refractivity contribution in [1.29, 1.82) is 0 Å². The van der Waals surface area contributed by atoms with Crippen molar-refractivity contribution in [2.45, 2.75) is 84.5 Å². The molecule has 0 aliphatic rings.